The van der Waals surface area contributed by atoms with Crippen molar-refractivity contribution in [2.75, 3.05) is 7.11 Å². The molecule has 84 valence electrons. The Bertz CT molecular complexity index is 294. The van der Waals surface area contributed by atoms with Crippen molar-refractivity contribution in [3.63, 3.8) is 0 Å². The second kappa shape index (κ2) is 5.89. The van der Waals surface area contributed by atoms with Gasteiger partial charge in [0.2, 0.25) is 0 Å². The second-order valence-corrected chi connectivity index (χ2v) is 4.12. The van der Waals surface area contributed by atoms with Gasteiger partial charge in [0.1, 0.15) is 0 Å². The highest BCUT2D eigenvalue weighted by Gasteiger charge is 2.04. The molecule has 15 heavy (non-hydrogen) atoms. The maximum absolute atomic E-state index is 9.30. The third kappa shape index (κ3) is 4.45. The SMILES string of the molecule is COC(C)Cc1cccc(CC(C)O)c1. The molecular formula is C13H20O2. The summed E-state index contributed by atoms with van der Waals surface area (Å²) < 4.78 is 5.23. The molecule has 1 aromatic carbocycles. The van der Waals surface area contributed by atoms with Crippen molar-refractivity contribution in [2.24, 2.45) is 0 Å². The molecule has 2 heteroatoms. The topological polar surface area (TPSA) is 29.5 Å². The Morgan fingerprint density at radius 2 is 1.80 bits per heavy atom. The lowest BCUT2D eigenvalue weighted by molar-refractivity contribution is 0.119. The largest absolute Gasteiger partial charge is 0.393 e. The minimum Gasteiger partial charge on any atom is -0.393 e. The van der Waals surface area contributed by atoms with Gasteiger partial charge in [0.25, 0.3) is 0 Å². The van der Waals surface area contributed by atoms with Crippen molar-refractivity contribution < 1.29 is 9.84 Å². The average Bonchev–Trinajstić information content (AvgIpc) is 2.17. The van der Waals surface area contributed by atoms with E-state index in [1.54, 1.807) is 7.11 Å². The van der Waals surface area contributed by atoms with Gasteiger partial charge in [-0.15, -0.1) is 0 Å². The van der Waals surface area contributed by atoms with Gasteiger partial charge in [0, 0.05) is 7.11 Å². The van der Waals surface area contributed by atoms with Crippen molar-refractivity contribution >= 4 is 0 Å². The molecule has 2 nitrogen and oxygen atoms in total. The van der Waals surface area contributed by atoms with Gasteiger partial charge < -0.3 is 9.84 Å². The Hall–Kier alpha value is -0.860. The molecule has 1 rings (SSSR count). The number of rotatable bonds is 5. The predicted octanol–water partition coefficient (Wildman–Crippen LogP) is 2.19. The predicted molar refractivity (Wildman–Crippen MR) is 62.0 cm³/mol. The van der Waals surface area contributed by atoms with E-state index in [9.17, 15) is 5.11 Å². The molecular weight excluding hydrogens is 188 g/mol. The Kier molecular flexibility index (Phi) is 4.79. The fraction of sp³-hybridized carbons (Fsp3) is 0.538. The minimum absolute atomic E-state index is 0.242. The molecule has 0 aromatic heterocycles. The molecule has 0 aliphatic carbocycles. The van der Waals surface area contributed by atoms with Crippen LogP contribution < -0.4 is 0 Å². The highest BCUT2D eigenvalue weighted by molar-refractivity contribution is 5.24. The molecule has 0 aliphatic heterocycles. The van der Waals surface area contributed by atoms with Crippen LogP contribution in [-0.4, -0.2) is 24.4 Å². The van der Waals surface area contributed by atoms with E-state index in [2.05, 4.69) is 19.1 Å². The van der Waals surface area contributed by atoms with Crippen LogP contribution in [0.1, 0.15) is 25.0 Å². The first-order valence-corrected chi connectivity index (χ1v) is 5.40. The number of aliphatic hydroxyl groups is 1. The first-order chi connectivity index (χ1) is 7.11. The smallest absolute Gasteiger partial charge is 0.0583 e. The summed E-state index contributed by atoms with van der Waals surface area (Å²) in [6.45, 7) is 3.87. The Balaban J connectivity index is 2.65. The van der Waals surface area contributed by atoms with E-state index in [0.29, 0.717) is 0 Å². The fourth-order valence-corrected chi connectivity index (χ4v) is 1.64. The van der Waals surface area contributed by atoms with Crippen LogP contribution in [0.5, 0.6) is 0 Å². The quantitative estimate of drug-likeness (QED) is 0.803. The highest BCUT2D eigenvalue weighted by atomic mass is 16.5. The lowest BCUT2D eigenvalue weighted by Gasteiger charge is -2.11. The number of ether oxygens (including phenoxy) is 1. The molecule has 0 spiro atoms. The monoisotopic (exact) mass is 208 g/mol. The highest BCUT2D eigenvalue weighted by Crippen LogP contribution is 2.10. The lowest BCUT2D eigenvalue weighted by atomic mass is 10.0. The first kappa shape index (κ1) is 12.2. The van der Waals surface area contributed by atoms with Gasteiger partial charge in [-0.25, -0.2) is 0 Å². The zero-order chi connectivity index (χ0) is 11.3. The summed E-state index contributed by atoms with van der Waals surface area (Å²) in [5.41, 5.74) is 2.45. The molecule has 2 atom stereocenters. The molecule has 0 fully saturated rings. The van der Waals surface area contributed by atoms with Gasteiger partial charge in [0.05, 0.1) is 12.2 Å². The van der Waals surface area contributed by atoms with Crippen molar-refractivity contribution in [3.8, 4) is 0 Å². The van der Waals surface area contributed by atoms with Gasteiger partial charge in [-0.2, -0.15) is 0 Å². The standard InChI is InChI=1S/C13H20O2/c1-10(14)7-12-5-4-6-13(9-12)8-11(2)15-3/h4-6,9-11,14H,7-8H2,1-3H3. The van der Waals surface area contributed by atoms with Crippen LogP contribution in [0, 0.1) is 0 Å². The number of methoxy groups -OCH3 is 1. The molecule has 1 N–H and O–H groups in total. The Labute approximate surface area is 91.9 Å². The summed E-state index contributed by atoms with van der Waals surface area (Å²) >= 11 is 0. The maximum Gasteiger partial charge on any atom is 0.0583 e. The normalized spacial score (nSPS) is 14.9. The van der Waals surface area contributed by atoms with Crippen molar-refractivity contribution in [2.45, 2.75) is 38.9 Å². The van der Waals surface area contributed by atoms with Gasteiger partial charge in [-0.05, 0) is 37.8 Å². The van der Waals surface area contributed by atoms with Gasteiger partial charge >= 0.3 is 0 Å². The molecule has 2 unspecified atom stereocenters. The number of hydrogen-bond acceptors (Lipinski definition) is 2. The molecule has 1 aromatic rings. The van der Waals surface area contributed by atoms with E-state index in [1.807, 2.05) is 19.1 Å². The zero-order valence-corrected chi connectivity index (χ0v) is 9.73. The van der Waals surface area contributed by atoms with E-state index < -0.39 is 0 Å². The van der Waals surface area contributed by atoms with Crippen LogP contribution in [0.4, 0.5) is 0 Å². The van der Waals surface area contributed by atoms with Crippen LogP contribution in [0.3, 0.4) is 0 Å². The third-order valence-corrected chi connectivity index (χ3v) is 2.45. The second-order valence-electron chi connectivity index (χ2n) is 4.12. The summed E-state index contributed by atoms with van der Waals surface area (Å²) in [6, 6.07) is 8.33. The summed E-state index contributed by atoms with van der Waals surface area (Å²) in [7, 11) is 1.73. The molecule has 0 amide bonds. The maximum atomic E-state index is 9.30. The summed E-state index contributed by atoms with van der Waals surface area (Å²) in [6.07, 6.45) is 1.60. The van der Waals surface area contributed by atoms with E-state index in [-0.39, 0.29) is 12.2 Å². The molecule has 0 aliphatic rings. The molecule has 0 heterocycles. The van der Waals surface area contributed by atoms with Crippen LogP contribution in [0.15, 0.2) is 24.3 Å². The third-order valence-electron chi connectivity index (χ3n) is 2.45. The summed E-state index contributed by atoms with van der Waals surface area (Å²) in [5.74, 6) is 0. The molecule has 0 saturated heterocycles. The average molecular weight is 208 g/mol. The van der Waals surface area contributed by atoms with Crippen LogP contribution in [0.25, 0.3) is 0 Å². The van der Waals surface area contributed by atoms with Crippen LogP contribution in [0.2, 0.25) is 0 Å². The summed E-state index contributed by atoms with van der Waals surface area (Å²) in [5, 5.41) is 9.30. The van der Waals surface area contributed by atoms with E-state index in [1.165, 1.54) is 11.1 Å². The van der Waals surface area contributed by atoms with Gasteiger partial charge in [-0.3, -0.25) is 0 Å². The van der Waals surface area contributed by atoms with Crippen molar-refractivity contribution in [1.82, 2.24) is 0 Å². The van der Waals surface area contributed by atoms with E-state index >= 15 is 0 Å². The fourth-order valence-electron chi connectivity index (χ4n) is 1.64. The first-order valence-electron chi connectivity index (χ1n) is 5.40. The Morgan fingerprint density at radius 1 is 1.20 bits per heavy atom. The van der Waals surface area contributed by atoms with Crippen LogP contribution >= 0.6 is 0 Å². The van der Waals surface area contributed by atoms with Crippen molar-refractivity contribution in [1.29, 1.82) is 0 Å². The zero-order valence-electron chi connectivity index (χ0n) is 9.73. The Morgan fingerprint density at radius 3 is 2.33 bits per heavy atom. The van der Waals surface area contributed by atoms with Gasteiger partial charge in [0.15, 0.2) is 0 Å². The summed E-state index contributed by atoms with van der Waals surface area (Å²) in [4.78, 5) is 0. The molecule has 0 radical (unpaired) electrons. The lowest BCUT2D eigenvalue weighted by Crippen LogP contribution is -2.09. The molecule has 0 bridgehead atoms. The van der Waals surface area contributed by atoms with E-state index in [4.69, 9.17) is 4.74 Å². The molecule has 0 saturated carbocycles. The number of benzene rings is 1. The number of aliphatic hydroxyl groups excluding tert-OH is 1. The van der Waals surface area contributed by atoms with Crippen LogP contribution in [-0.2, 0) is 17.6 Å². The minimum atomic E-state index is -0.278. The number of hydrogen-bond donors (Lipinski definition) is 1. The van der Waals surface area contributed by atoms with Gasteiger partial charge in [-0.1, -0.05) is 24.3 Å². The van der Waals surface area contributed by atoms with Crippen molar-refractivity contribution in [3.05, 3.63) is 35.4 Å². The van der Waals surface area contributed by atoms with E-state index in [0.717, 1.165) is 12.8 Å².